The largest absolute Gasteiger partial charge is 0.466 e. The lowest BCUT2D eigenvalue weighted by Crippen LogP contribution is -2.15. The van der Waals surface area contributed by atoms with Gasteiger partial charge in [0.25, 0.3) is 0 Å². The van der Waals surface area contributed by atoms with E-state index in [-0.39, 0.29) is 29.6 Å². The smallest absolute Gasteiger partial charge is 0.302 e. The Bertz CT molecular complexity index is 1040. The summed E-state index contributed by atoms with van der Waals surface area (Å²) in [7, 11) is -1.62. The van der Waals surface area contributed by atoms with Crippen LogP contribution in [0, 0.1) is 41.5 Å². The Hall–Kier alpha value is -2.37. The van der Waals surface area contributed by atoms with Crippen LogP contribution in [-0.2, 0) is 19.1 Å². The van der Waals surface area contributed by atoms with Gasteiger partial charge in [-0.25, -0.2) is 0 Å². The Morgan fingerprint density at radius 2 is 1.00 bits per heavy atom. The molecule has 2 rings (SSSR count). The molecule has 8 heteroatoms. The standard InChI is InChI=1S/C25H31O4P.C5H9BrO2/c1-15-11-17(3)22(18(4)12-15)24(27)30(10-8-9-29-21(7)26)25(28)23-19(5)13-16(2)14-20(23)6;1-5(7)8-4-2-3-6/h11-14H,8-10H2,1-7H3;2-4H2,1H3. The van der Waals surface area contributed by atoms with Crippen LogP contribution in [0.4, 0.5) is 0 Å². The molecule has 0 fully saturated rings. The highest BCUT2D eigenvalue weighted by atomic mass is 79.9. The zero-order valence-electron chi connectivity index (χ0n) is 23.8. The van der Waals surface area contributed by atoms with E-state index in [2.05, 4.69) is 20.7 Å². The molecule has 0 unspecified atom stereocenters. The average molecular weight is 608 g/mol. The molecule has 0 heterocycles. The summed E-state index contributed by atoms with van der Waals surface area (Å²) in [6.45, 7) is 15.2. The maximum Gasteiger partial charge on any atom is 0.302 e. The van der Waals surface area contributed by atoms with Gasteiger partial charge in [-0.05, 0) is 82.8 Å². The Labute approximate surface area is 236 Å². The summed E-state index contributed by atoms with van der Waals surface area (Å²) in [6.07, 6.45) is 1.77. The second kappa shape index (κ2) is 16.6. The highest BCUT2D eigenvalue weighted by Crippen LogP contribution is 2.46. The summed E-state index contributed by atoms with van der Waals surface area (Å²) >= 11 is 3.21. The molecule has 0 N–H and O–H groups in total. The molecule has 0 saturated carbocycles. The lowest BCUT2D eigenvalue weighted by Gasteiger charge is -2.20. The number of carbonyl (C=O) groups excluding carboxylic acids is 4. The van der Waals surface area contributed by atoms with Crippen LogP contribution in [0.3, 0.4) is 0 Å². The molecule has 0 atom stereocenters. The molecule has 0 aliphatic rings. The van der Waals surface area contributed by atoms with Gasteiger partial charge in [0, 0.05) is 38.2 Å². The van der Waals surface area contributed by atoms with E-state index in [0.29, 0.717) is 30.3 Å². The molecule has 0 bridgehead atoms. The van der Waals surface area contributed by atoms with Crippen LogP contribution in [0.5, 0.6) is 0 Å². The molecule has 6 nitrogen and oxygen atoms in total. The molecule has 2 aromatic rings. The molecule has 38 heavy (non-hydrogen) atoms. The van der Waals surface area contributed by atoms with E-state index in [0.717, 1.165) is 45.1 Å². The molecule has 0 aliphatic heterocycles. The summed E-state index contributed by atoms with van der Waals surface area (Å²) in [4.78, 5) is 48.4. The van der Waals surface area contributed by atoms with Crippen molar-refractivity contribution in [3.8, 4) is 0 Å². The van der Waals surface area contributed by atoms with Crippen molar-refractivity contribution in [3.63, 3.8) is 0 Å². The van der Waals surface area contributed by atoms with E-state index in [1.165, 1.54) is 13.8 Å². The first-order chi connectivity index (χ1) is 17.8. The molecule has 0 amide bonds. The first-order valence-electron chi connectivity index (χ1n) is 12.6. The number of esters is 2. The molecule has 208 valence electrons. The molecule has 0 aliphatic carbocycles. The zero-order valence-corrected chi connectivity index (χ0v) is 26.3. The number of hydrogen-bond acceptors (Lipinski definition) is 6. The van der Waals surface area contributed by atoms with Crippen molar-refractivity contribution in [2.45, 2.75) is 68.2 Å². The van der Waals surface area contributed by atoms with Crippen LogP contribution in [0.1, 0.15) is 80.8 Å². The van der Waals surface area contributed by atoms with E-state index >= 15 is 0 Å². The summed E-state index contributed by atoms with van der Waals surface area (Å²) in [5.41, 5.74) is 6.90. The maximum absolute atomic E-state index is 13.6. The highest BCUT2D eigenvalue weighted by molar-refractivity contribution is 9.09. The molecular formula is C30H40BrO6P. The number of aryl methyl sites for hydroxylation is 6. The van der Waals surface area contributed by atoms with Crippen LogP contribution in [0.2, 0.25) is 0 Å². The minimum Gasteiger partial charge on any atom is -0.466 e. The summed E-state index contributed by atoms with van der Waals surface area (Å²) in [5, 5.41) is 0.889. The van der Waals surface area contributed by atoms with Gasteiger partial charge < -0.3 is 9.47 Å². The predicted molar refractivity (Wildman–Crippen MR) is 158 cm³/mol. The normalized spacial score (nSPS) is 10.5. The number of hydrogen-bond donors (Lipinski definition) is 0. The Morgan fingerprint density at radius 3 is 1.32 bits per heavy atom. The van der Waals surface area contributed by atoms with E-state index in [4.69, 9.17) is 4.74 Å². The van der Waals surface area contributed by atoms with Gasteiger partial charge in [0.05, 0.1) is 13.2 Å². The molecular weight excluding hydrogens is 567 g/mol. The quantitative estimate of drug-likeness (QED) is 0.115. The number of ether oxygens (including phenoxy) is 2. The Balaban J connectivity index is 0.000000781. The van der Waals surface area contributed by atoms with E-state index in [9.17, 15) is 19.2 Å². The highest BCUT2D eigenvalue weighted by Gasteiger charge is 2.31. The van der Waals surface area contributed by atoms with Crippen molar-refractivity contribution in [1.82, 2.24) is 0 Å². The number of halogens is 1. The van der Waals surface area contributed by atoms with Crippen molar-refractivity contribution < 1.29 is 28.7 Å². The van der Waals surface area contributed by atoms with Crippen LogP contribution in [-0.4, -0.2) is 47.7 Å². The van der Waals surface area contributed by atoms with Gasteiger partial charge in [0.2, 0.25) is 0 Å². The number of rotatable bonds is 11. The second-order valence-electron chi connectivity index (χ2n) is 9.39. The molecule has 0 radical (unpaired) electrons. The number of alkyl halides is 1. The SMILES string of the molecule is CC(=O)OCCCBr.CC(=O)OCCCP(C(=O)c1c(C)cc(C)cc1C)C(=O)c1c(C)cc(C)cc1C. The van der Waals surface area contributed by atoms with Gasteiger partial charge in [-0.15, -0.1) is 0 Å². The van der Waals surface area contributed by atoms with Gasteiger partial charge in [-0.3, -0.25) is 19.2 Å². The second-order valence-corrected chi connectivity index (χ2v) is 12.3. The third-order valence-corrected chi connectivity index (χ3v) is 8.44. The third-order valence-electron chi connectivity index (χ3n) is 5.69. The van der Waals surface area contributed by atoms with E-state index < -0.39 is 7.92 Å². The van der Waals surface area contributed by atoms with Crippen LogP contribution < -0.4 is 0 Å². The van der Waals surface area contributed by atoms with Crippen LogP contribution in [0.15, 0.2) is 24.3 Å². The molecule has 0 spiro atoms. The molecule has 0 aromatic heterocycles. The van der Waals surface area contributed by atoms with Crippen molar-refractivity contribution in [3.05, 3.63) is 68.8 Å². The number of carbonyl (C=O) groups is 4. The lowest BCUT2D eigenvalue weighted by atomic mass is 10.0. The summed E-state index contributed by atoms with van der Waals surface area (Å²) in [5.74, 6) is -0.557. The fraction of sp³-hybridized carbons (Fsp3) is 0.467. The molecule has 2 aromatic carbocycles. The summed E-state index contributed by atoms with van der Waals surface area (Å²) in [6, 6.07) is 7.94. The molecule has 0 saturated heterocycles. The summed E-state index contributed by atoms with van der Waals surface area (Å²) < 4.78 is 9.65. The number of benzene rings is 2. The van der Waals surface area contributed by atoms with Gasteiger partial charge >= 0.3 is 11.9 Å². The predicted octanol–water partition coefficient (Wildman–Crippen LogP) is 7.29. The third kappa shape index (κ3) is 10.8. The van der Waals surface area contributed by atoms with Crippen molar-refractivity contribution in [1.29, 1.82) is 0 Å². The van der Waals surface area contributed by atoms with Crippen molar-refractivity contribution in [2.75, 3.05) is 24.7 Å². The van der Waals surface area contributed by atoms with Crippen LogP contribution >= 0.6 is 23.9 Å². The Morgan fingerprint density at radius 1 is 0.658 bits per heavy atom. The fourth-order valence-corrected chi connectivity index (χ4v) is 6.82. The maximum atomic E-state index is 13.6. The monoisotopic (exact) mass is 606 g/mol. The van der Waals surface area contributed by atoms with Gasteiger partial charge in [0.15, 0.2) is 11.0 Å². The minimum atomic E-state index is -1.62. The minimum absolute atomic E-state index is 0.0906. The van der Waals surface area contributed by atoms with Gasteiger partial charge in [-0.1, -0.05) is 51.3 Å². The zero-order chi connectivity index (χ0) is 29.0. The van der Waals surface area contributed by atoms with Crippen molar-refractivity contribution in [2.24, 2.45) is 0 Å². The van der Waals surface area contributed by atoms with E-state index in [1.807, 2.05) is 65.8 Å². The fourth-order valence-electron chi connectivity index (χ4n) is 4.31. The topological polar surface area (TPSA) is 86.7 Å². The first-order valence-corrected chi connectivity index (χ1v) is 15.3. The lowest BCUT2D eigenvalue weighted by molar-refractivity contribution is -0.141. The van der Waals surface area contributed by atoms with Gasteiger partial charge in [-0.2, -0.15) is 0 Å². The van der Waals surface area contributed by atoms with E-state index in [1.54, 1.807) is 0 Å². The first kappa shape index (κ1) is 33.7. The van der Waals surface area contributed by atoms with Crippen LogP contribution in [0.25, 0.3) is 0 Å². The van der Waals surface area contributed by atoms with Crippen molar-refractivity contribution >= 4 is 46.8 Å². The average Bonchev–Trinajstić information content (AvgIpc) is 2.77. The van der Waals surface area contributed by atoms with Gasteiger partial charge in [0.1, 0.15) is 0 Å². The Kier molecular flexibility index (Phi) is 14.7.